The van der Waals surface area contributed by atoms with Crippen molar-refractivity contribution >= 4 is 5.78 Å². The molecule has 1 aromatic rings. The summed E-state index contributed by atoms with van der Waals surface area (Å²) in [6.07, 6.45) is -4.74. The number of carbonyl (C=O) groups excluding carboxylic acids is 1. The molecule has 1 rings (SSSR count). The zero-order valence-electron chi connectivity index (χ0n) is 9.31. The molecule has 0 heterocycles. The van der Waals surface area contributed by atoms with Gasteiger partial charge in [-0.2, -0.15) is 13.2 Å². The van der Waals surface area contributed by atoms with Gasteiger partial charge in [0.15, 0.2) is 5.78 Å². The van der Waals surface area contributed by atoms with Crippen LogP contribution in [0.5, 0.6) is 0 Å². The van der Waals surface area contributed by atoms with Crippen LogP contribution in [0, 0.1) is 5.82 Å². The number of carbonyl (C=O) groups is 1. The van der Waals surface area contributed by atoms with Crippen LogP contribution < -0.4 is 0 Å². The molecule has 0 aliphatic carbocycles. The average Bonchev–Trinajstić information content (AvgIpc) is 2.14. The number of likely N-dealkylation sites (N-methyl/N-ethyl adjacent to an activating group) is 1. The fraction of sp³-hybridized carbons (Fsp3) is 0.364. The third-order valence-electron chi connectivity index (χ3n) is 2.06. The van der Waals surface area contributed by atoms with Gasteiger partial charge in [0.1, 0.15) is 5.82 Å². The van der Waals surface area contributed by atoms with Gasteiger partial charge >= 0.3 is 6.18 Å². The summed E-state index contributed by atoms with van der Waals surface area (Å²) < 4.78 is 51.1. The standard InChI is InChI=1S/C11H11F4NO/c1-16(2)6-9(17)10-7(11(13,14)15)4-3-5-8(10)12/h3-5H,6H2,1-2H3. The van der Waals surface area contributed by atoms with Crippen LogP contribution >= 0.6 is 0 Å². The van der Waals surface area contributed by atoms with Gasteiger partial charge in [-0.3, -0.25) is 4.79 Å². The summed E-state index contributed by atoms with van der Waals surface area (Å²) in [5.74, 6) is -2.04. The van der Waals surface area contributed by atoms with Gasteiger partial charge in [0.05, 0.1) is 17.7 Å². The minimum absolute atomic E-state index is 0.274. The van der Waals surface area contributed by atoms with Gasteiger partial charge in [-0.05, 0) is 26.2 Å². The van der Waals surface area contributed by atoms with Gasteiger partial charge in [-0.25, -0.2) is 4.39 Å². The van der Waals surface area contributed by atoms with E-state index in [4.69, 9.17) is 0 Å². The number of alkyl halides is 3. The van der Waals surface area contributed by atoms with E-state index in [1.807, 2.05) is 0 Å². The van der Waals surface area contributed by atoms with Crippen molar-refractivity contribution < 1.29 is 22.4 Å². The lowest BCUT2D eigenvalue weighted by molar-refractivity contribution is -0.138. The normalized spacial score (nSPS) is 11.9. The van der Waals surface area contributed by atoms with Crippen LogP contribution in [0.4, 0.5) is 17.6 Å². The molecule has 1 aromatic carbocycles. The topological polar surface area (TPSA) is 20.3 Å². The summed E-state index contributed by atoms with van der Waals surface area (Å²) in [7, 11) is 3.04. The SMILES string of the molecule is CN(C)CC(=O)c1c(F)cccc1C(F)(F)F. The van der Waals surface area contributed by atoms with E-state index in [9.17, 15) is 22.4 Å². The second kappa shape index (κ2) is 4.83. The molecule has 0 aliphatic heterocycles. The summed E-state index contributed by atoms with van der Waals surface area (Å²) in [4.78, 5) is 12.9. The van der Waals surface area contributed by atoms with Crippen LogP contribution in [0.25, 0.3) is 0 Å². The van der Waals surface area contributed by atoms with E-state index in [1.54, 1.807) is 0 Å². The van der Waals surface area contributed by atoms with Crippen LogP contribution in [-0.2, 0) is 6.18 Å². The van der Waals surface area contributed by atoms with E-state index in [2.05, 4.69) is 0 Å². The highest BCUT2D eigenvalue weighted by Gasteiger charge is 2.36. The Kier molecular flexibility index (Phi) is 3.87. The zero-order chi connectivity index (χ0) is 13.2. The molecule has 0 saturated carbocycles. The number of ketones is 1. The van der Waals surface area contributed by atoms with Gasteiger partial charge in [0.25, 0.3) is 0 Å². The van der Waals surface area contributed by atoms with Crippen LogP contribution in [0.1, 0.15) is 15.9 Å². The Morgan fingerprint density at radius 2 is 1.88 bits per heavy atom. The van der Waals surface area contributed by atoms with E-state index in [1.165, 1.54) is 19.0 Å². The molecule has 17 heavy (non-hydrogen) atoms. The van der Waals surface area contributed by atoms with E-state index in [0.29, 0.717) is 6.07 Å². The third kappa shape index (κ3) is 3.26. The molecule has 0 bridgehead atoms. The second-order valence-electron chi connectivity index (χ2n) is 3.82. The zero-order valence-corrected chi connectivity index (χ0v) is 9.31. The summed E-state index contributed by atoms with van der Waals surface area (Å²) >= 11 is 0. The van der Waals surface area contributed by atoms with Gasteiger partial charge in [0, 0.05) is 0 Å². The number of nitrogens with zero attached hydrogens (tertiary/aromatic N) is 1. The Balaban J connectivity index is 3.26. The predicted molar refractivity (Wildman–Crippen MR) is 54.3 cm³/mol. The Hall–Kier alpha value is -1.43. The van der Waals surface area contributed by atoms with Gasteiger partial charge in [0.2, 0.25) is 0 Å². The minimum atomic E-state index is -4.74. The van der Waals surface area contributed by atoms with Crippen molar-refractivity contribution in [3.05, 3.63) is 35.1 Å². The Labute approximate surface area is 95.8 Å². The van der Waals surface area contributed by atoms with Gasteiger partial charge in [-0.1, -0.05) is 6.07 Å². The second-order valence-corrected chi connectivity index (χ2v) is 3.82. The predicted octanol–water partition coefficient (Wildman–Crippen LogP) is 2.59. The largest absolute Gasteiger partial charge is 0.417 e. The summed E-state index contributed by atoms with van der Waals surface area (Å²) in [5.41, 5.74) is -2.13. The number of hydrogen-bond acceptors (Lipinski definition) is 2. The highest BCUT2D eigenvalue weighted by molar-refractivity contribution is 5.99. The Bertz CT molecular complexity index is 426. The number of benzene rings is 1. The summed E-state index contributed by atoms with van der Waals surface area (Å²) in [6.45, 7) is -0.274. The highest BCUT2D eigenvalue weighted by Crippen LogP contribution is 2.33. The molecule has 0 N–H and O–H groups in total. The Morgan fingerprint density at radius 1 is 1.29 bits per heavy atom. The van der Waals surface area contributed by atoms with E-state index in [-0.39, 0.29) is 6.54 Å². The Morgan fingerprint density at radius 3 is 2.35 bits per heavy atom. The van der Waals surface area contributed by atoms with E-state index in [0.717, 1.165) is 12.1 Å². The van der Waals surface area contributed by atoms with Crippen molar-refractivity contribution in [2.24, 2.45) is 0 Å². The lowest BCUT2D eigenvalue weighted by Crippen LogP contribution is -2.25. The fourth-order valence-electron chi connectivity index (χ4n) is 1.41. The first-order valence-corrected chi connectivity index (χ1v) is 4.77. The average molecular weight is 249 g/mol. The van der Waals surface area contributed by atoms with Crippen LogP contribution in [0.2, 0.25) is 0 Å². The molecule has 0 unspecified atom stereocenters. The molecule has 0 aromatic heterocycles. The lowest BCUT2D eigenvalue weighted by Gasteiger charge is -2.14. The smallest absolute Gasteiger partial charge is 0.302 e. The molecule has 0 radical (unpaired) electrons. The number of halogens is 4. The van der Waals surface area contributed by atoms with Crippen molar-refractivity contribution in [3.63, 3.8) is 0 Å². The molecule has 94 valence electrons. The summed E-state index contributed by atoms with van der Waals surface area (Å²) in [6, 6.07) is 2.48. The van der Waals surface area contributed by atoms with Crippen molar-refractivity contribution in [3.8, 4) is 0 Å². The van der Waals surface area contributed by atoms with Crippen molar-refractivity contribution in [1.82, 2.24) is 4.90 Å². The fourth-order valence-corrected chi connectivity index (χ4v) is 1.41. The first-order valence-electron chi connectivity index (χ1n) is 4.77. The molecule has 0 spiro atoms. The van der Waals surface area contributed by atoms with Crippen LogP contribution in [0.3, 0.4) is 0 Å². The van der Waals surface area contributed by atoms with Crippen molar-refractivity contribution in [2.45, 2.75) is 6.18 Å². The molecule has 0 saturated heterocycles. The number of hydrogen-bond donors (Lipinski definition) is 0. The monoisotopic (exact) mass is 249 g/mol. The first kappa shape index (κ1) is 13.6. The molecule has 0 atom stereocenters. The molecular formula is C11H11F4NO. The molecule has 2 nitrogen and oxygen atoms in total. The molecule has 0 amide bonds. The lowest BCUT2D eigenvalue weighted by atomic mass is 10.0. The molecule has 6 heteroatoms. The maximum Gasteiger partial charge on any atom is 0.417 e. The van der Waals surface area contributed by atoms with Gasteiger partial charge in [-0.15, -0.1) is 0 Å². The van der Waals surface area contributed by atoms with Crippen LogP contribution in [0.15, 0.2) is 18.2 Å². The van der Waals surface area contributed by atoms with Crippen molar-refractivity contribution in [2.75, 3.05) is 20.6 Å². The maximum absolute atomic E-state index is 13.3. The summed E-state index contributed by atoms with van der Waals surface area (Å²) in [5, 5.41) is 0. The quantitative estimate of drug-likeness (QED) is 0.606. The first-order chi connectivity index (χ1) is 7.73. The molecule has 0 aliphatic rings. The van der Waals surface area contributed by atoms with E-state index >= 15 is 0 Å². The molecule has 0 fully saturated rings. The molecular weight excluding hydrogens is 238 g/mol. The van der Waals surface area contributed by atoms with Crippen LogP contribution in [-0.4, -0.2) is 31.3 Å². The van der Waals surface area contributed by atoms with E-state index < -0.39 is 28.9 Å². The number of rotatable bonds is 3. The minimum Gasteiger partial charge on any atom is -0.302 e. The maximum atomic E-state index is 13.3. The number of Topliss-reactive ketones (excluding diaryl/α,β-unsaturated/α-hetero) is 1. The highest BCUT2D eigenvalue weighted by atomic mass is 19.4. The third-order valence-corrected chi connectivity index (χ3v) is 2.06. The van der Waals surface area contributed by atoms with Gasteiger partial charge < -0.3 is 4.90 Å². The van der Waals surface area contributed by atoms with Crippen molar-refractivity contribution in [1.29, 1.82) is 0 Å².